The highest BCUT2D eigenvalue weighted by Crippen LogP contribution is 2.23. The number of para-hydroxylation sites is 1. The topological polar surface area (TPSA) is 45.2 Å². The number of aromatic nitrogens is 1. The number of carbonyl (C=O) groups excluding carboxylic acids is 1. The molecule has 0 aliphatic carbocycles. The number of nitrogens with one attached hydrogen (secondary N) is 1. The second-order valence-corrected chi connectivity index (χ2v) is 5.51. The lowest BCUT2D eigenvalue weighted by Crippen LogP contribution is -2.15. The van der Waals surface area contributed by atoms with E-state index in [2.05, 4.69) is 10.3 Å². The Bertz CT molecular complexity index is 786. The molecule has 0 unspecified atom stereocenters. The Morgan fingerprint density at radius 3 is 2.21 bits per heavy atom. The predicted molar refractivity (Wildman–Crippen MR) is 97.5 cm³/mol. The molecule has 0 aliphatic heterocycles. The van der Waals surface area contributed by atoms with Gasteiger partial charge in [0, 0.05) is 12.7 Å². The number of anilines is 3. The van der Waals surface area contributed by atoms with Gasteiger partial charge in [0.2, 0.25) is 5.91 Å². The minimum Gasteiger partial charge on any atom is -0.343 e. The standard InChI is InChI=1S/C20H19N3O/c1-23(17-10-6-3-7-11-17)18-12-13-19(21-15-18)22-20(24)14-16-8-4-2-5-9-16/h2-13,15H,14H2,1H3,(H,21,22,24). The first-order valence-electron chi connectivity index (χ1n) is 7.81. The molecule has 4 nitrogen and oxygen atoms in total. The van der Waals surface area contributed by atoms with Gasteiger partial charge < -0.3 is 10.2 Å². The molecule has 0 saturated carbocycles. The van der Waals surface area contributed by atoms with Crippen LogP contribution in [0.25, 0.3) is 0 Å². The van der Waals surface area contributed by atoms with E-state index in [0.717, 1.165) is 16.9 Å². The molecule has 3 rings (SSSR count). The summed E-state index contributed by atoms with van der Waals surface area (Å²) in [6, 6.07) is 23.5. The molecule has 0 atom stereocenters. The summed E-state index contributed by atoms with van der Waals surface area (Å²) in [5.41, 5.74) is 3.03. The Balaban J connectivity index is 1.63. The van der Waals surface area contributed by atoms with Gasteiger partial charge in [-0.2, -0.15) is 0 Å². The highest BCUT2D eigenvalue weighted by Gasteiger charge is 2.07. The van der Waals surface area contributed by atoms with E-state index in [9.17, 15) is 4.79 Å². The molecule has 1 N–H and O–H groups in total. The first-order valence-corrected chi connectivity index (χ1v) is 7.81. The summed E-state index contributed by atoms with van der Waals surface area (Å²) in [7, 11) is 1.99. The van der Waals surface area contributed by atoms with Crippen LogP contribution >= 0.6 is 0 Å². The molecular weight excluding hydrogens is 298 g/mol. The fourth-order valence-electron chi connectivity index (χ4n) is 2.43. The lowest BCUT2D eigenvalue weighted by atomic mass is 10.1. The Morgan fingerprint density at radius 1 is 0.917 bits per heavy atom. The first kappa shape index (κ1) is 15.7. The van der Waals surface area contributed by atoms with Crippen molar-refractivity contribution in [3.63, 3.8) is 0 Å². The molecule has 120 valence electrons. The highest BCUT2D eigenvalue weighted by atomic mass is 16.1. The monoisotopic (exact) mass is 317 g/mol. The Kier molecular flexibility index (Phi) is 4.87. The predicted octanol–water partition coefficient (Wildman–Crippen LogP) is 4.03. The fourth-order valence-corrected chi connectivity index (χ4v) is 2.43. The lowest BCUT2D eigenvalue weighted by Gasteiger charge is -2.19. The van der Waals surface area contributed by atoms with Crippen molar-refractivity contribution in [2.75, 3.05) is 17.3 Å². The van der Waals surface area contributed by atoms with Crippen molar-refractivity contribution >= 4 is 23.1 Å². The van der Waals surface area contributed by atoms with E-state index in [4.69, 9.17) is 0 Å². The molecule has 1 heterocycles. The average molecular weight is 317 g/mol. The molecule has 4 heteroatoms. The zero-order valence-corrected chi connectivity index (χ0v) is 13.5. The van der Waals surface area contributed by atoms with Crippen LogP contribution in [0.4, 0.5) is 17.2 Å². The second-order valence-electron chi connectivity index (χ2n) is 5.51. The number of carbonyl (C=O) groups is 1. The molecule has 0 fully saturated rings. The van der Waals surface area contributed by atoms with E-state index >= 15 is 0 Å². The maximum absolute atomic E-state index is 12.1. The summed E-state index contributed by atoms with van der Waals surface area (Å²) in [5.74, 6) is 0.485. The van der Waals surface area contributed by atoms with Crippen LogP contribution in [0.5, 0.6) is 0 Å². The van der Waals surface area contributed by atoms with E-state index in [-0.39, 0.29) is 5.91 Å². The minimum absolute atomic E-state index is 0.0714. The van der Waals surface area contributed by atoms with Gasteiger partial charge in [0.05, 0.1) is 18.3 Å². The van der Waals surface area contributed by atoms with Crippen LogP contribution in [0.15, 0.2) is 79.0 Å². The van der Waals surface area contributed by atoms with Crippen LogP contribution in [0.1, 0.15) is 5.56 Å². The molecule has 24 heavy (non-hydrogen) atoms. The van der Waals surface area contributed by atoms with Gasteiger partial charge in [0.1, 0.15) is 5.82 Å². The fraction of sp³-hybridized carbons (Fsp3) is 0.100. The summed E-state index contributed by atoms with van der Waals surface area (Å²) in [6.07, 6.45) is 2.10. The zero-order valence-electron chi connectivity index (χ0n) is 13.5. The van der Waals surface area contributed by atoms with Gasteiger partial charge in [-0.15, -0.1) is 0 Å². The molecule has 0 saturated heterocycles. The van der Waals surface area contributed by atoms with E-state index in [1.54, 1.807) is 6.20 Å². The van der Waals surface area contributed by atoms with Gasteiger partial charge in [-0.25, -0.2) is 4.98 Å². The van der Waals surface area contributed by atoms with Crippen molar-refractivity contribution in [2.24, 2.45) is 0 Å². The van der Waals surface area contributed by atoms with E-state index < -0.39 is 0 Å². The van der Waals surface area contributed by atoms with Crippen molar-refractivity contribution in [1.29, 1.82) is 0 Å². The van der Waals surface area contributed by atoms with Crippen LogP contribution in [0.2, 0.25) is 0 Å². The van der Waals surface area contributed by atoms with Gasteiger partial charge in [0.15, 0.2) is 0 Å². The number of nitrogens with zero attached hydrogens (tertiary/aromatic N) is 2. The summed E-state index contributed by atoms with van der Waals surface area (Å²) in [6.45, 7) is 0. The zero-order chi connectivity index (χ0) is 16.8. The van der Waals surface area contributed by atoms with Gasteiger partial charge in [-0.3, -0.25) is 4.79 Å². The van der Waals surface area contributed by atoms with Gasteiger partial charge >= 0.3 is 0 Å². The molecule has 1 aromatic heterocycles. The summed E-state index contributed by atoms with van der Waals surface area (Å²) in [4.78, 5) is 18.4. The van der Waals surface area contributed by atoms with Crippen molar-refractivity contribution in [3.8, 4) is 0 Å². The van der Waals surface area contributed by atoms with Crippen LogP contribution in [-0.4, -0.2) is 17.9 Å². The number of rotatable bonds is 5. The van der Waals surface area contributed by atoms with E-state index in [1.807, 2.05) is 84.7 Å². The Morgan fingerprint density at radius 2 is 1.58 bits per heavy atom. The molecule has 1 amide bonds. The molecule has 2 aromatic carbocycles. The number of pyridine rings is 1. The van der Waals surface area contributed by atoms with Crippen LogP contribution in [0, 0.1) is 0 Å². The number of hydrogen-bond acceptors (Lipinski definition) is 3. The molecule has 0 radical (unpaired) electrons. The first-order chi connectivity index (χ1) is 11.7. The number of amides is 1. The number of hydrogen-bond donors (Lipinski definition) is 1. The summed E-state index contributed by atoms with van der Waals surface area (Å²) in [5, 5.41) is 2.83. The third-order valence-corrected chi connectivity index (χ3v) is 3.75. The Labute approximate surface area is 141 Å². The number of benzene rings is 2. The van der Waals surface area contributed by atoms with Crippen molar-refractivity contribution in [2.45, 2.75) is 6.42 Å². The highest BCUT2D eigenvalue weighted by molar-refractivity contribution is 5.91. The maximum Gasteiger partial charge on any atom is 0.229 e. The van der Waals surface area contributed by atoms with Gasteiger partial charge in [-0.1, -0.05) is 48.5 Å². The minimum atomic E-state index is -0.0714. The molecule has 0 spiro atoms. The van der Waals surface area contributed by atoms with E-state index in [0.29, 0.717) is 12.2 Å². The normalized spacial score (nSPS) is 10.2. The molecular formula is C20H19N3O. The summed E-state index contributed by atoms with van der Waals surface area (Å²) >= 11 is 0. The third-order valence-electron chi connectivity index (χ3n) is 3.75. The maximum atomic E-state index is 12.1. The third kappa shape index (κ3) is 3.98. The average Bonchev–Trinajstić information content (AvgIpc) is 2.63. The Hall–Kier alpha value is -3.14. The van der Waals surface area contributed by atoms with Crippen LogP contribution in [0.3, 0.4) is 0 Å². The van der Waals surface area contributed by atoms with Crippen molar-refractivity contribution in [1.82, 2.24) is 4.98 Å². The van der Waals surface area contributed by atoms with Crippen molar-refractivity contribution < 1.29 is 4.79 Å². The SMILES string of the molecule is CN(c1ccccc1)c1ccc(NC(=O)Cc2ccccc2)nc1. The molecule has 0 aliphatic rings. The summed E-state index contributed by atoms with van der Waals surface area (Å²) < 4.78 is 0. The quantitative estimate of drug-likeness (QED) is 0.773. The lowest BCUT2D eigenvalue weighted by molar-refractivity contribution is -0.115. The van der Waals surface area contributed by atoms with E-state index in [1.165, 1.54) is 0 Å². The van der Waals surface area contributed by atoms with Crippen LogP contribution in [-0.2, 0) is 11.2 Å². The van der Waals surface area contributed by atoms with Crippen molar-refractivity contribution in [3.05, 3.63) is 84.6 Å². The smallest absolute Gasteiger partial charge is 0.229 e. The second kappa shape index (κ2) is 7.42. The van der Waals surface area contributed by atoms with Gasteiger partial charge in [0.25, 0.3) is 0 Å². The van der Waals surface area contributed by atoms with Crippen LogP contribution < -0.4 is 10.2 Å². The molecule has 0 bridgehead atoms. The van der Waals surface area contributed by atoms with Gasteiger partial charge in [-0.05, 0) is 29.8 Å². The molecule has 3 aromatic rings. The largest absolute Gasteiger partial charge is 0.343 e.